The van der Waals surface area contributed by atoms with Crippen LogP contribution in [-0.2, 0) is 18.9 Å². The Balaban J connectivity index is 1.99. The summed E-state index contributed by atoms with van der Waals surface area (Å²) in [4.78, 5) is 40.5. The number of nitrogens with one attached hydrogen (secondary N) is 4. The molecule has 0 saturated heterocycles. The van der Waals surface area contributed by atoms with E-state index in [2.05, 4.69) is 20.9 Å². The number of rotatable bonds is 10. The molecule has 13 heteroatoms. The van der Waals surface area contributed by atoms with Crippen LogP contribution < -0.4 is 33.2 Å². The van der Waals surface area contributed by atoms with Gasteiger partial charge in [0.1, 0.15) is 17.9 Å². The SMILES string of the molecule is Cn1cc(NC(=O)c2cc(NC(=O)CN=C(N)N)cn2C)cc1C(=O)NCCCC(=N)N. The molecule has 0 saturated carbocycles. The Morgan fingerprint density at radius 3 is 2.09 bits per heavy atom. The molecule has 0 fully saturated rings. The van der Waals surface area contributed by atoms with Gasteiger partial charge in [0.2, 0.25) is 5.91 Å². The van der Waals surface area contributed by atoms with Crippen molar-refractivity contribution in [3.63, 3.8) is 0 Å². The predicted molar refractivity (Wildman–Crippen MR) is 122 cm³/mol. The van der Waals surface area contributed by atoms with Crippen LogP contribution in [0.5, 0.6) is 0 Å². The van der Waals surface area contributed by atoms with Gasteiger partial charge < -0.3 is 42.3 Å². The number of hydrogen-bond acceptors (Lipinski definition) is 5. The highest BCUT2D eigenvalue weighted by molar-refractivity contribution is 6.05. The van der Waals surface area contributed by atoms with Crippen molar-refractivity contribution in [2.45, 2.75) is 12.8 Å². The van der Waals surface area contributed by atoms with Gasteiger partial charge in [-0.15, -0.1) is 0 Å². The number of nitrogens with zero attached hydrogens (tertiary/aromatic N) is 3. The van der Waals surface area contributed by atoms with Gasteiger partial charge in [-0.1, -0.05) is 0 Å². The molecule has 0 aliphatic carbocycles. The average Bonchev–Trinajstić information content (AvgIpc) is 3.25. The number of amides is 3. The summed E-state index contributed by atoms with van der Waals surface area (Å²) in [7, 11) is 3.35. The van der Waals surface area contributed by atoms with Crippen LogP contribution in [0, 0.1) is 5.41 Å². The van der Waals surface area contributed by atoms with Crippen molar-refractivity contribution in [2.75, 3.05) is 23.7 Å². The summed E-state index contributed by atoms with van der Waals surface area (Å²) in [6.07, 6.45) is 4.16. The van der Waals surface area contributed by atoms with Crippen LogP contribution in [0.15, 0.2) is 29.5 Å². The Kier molecular flexibility index (Phi) is 7.98. The van der Waals surface area contributed by atoms with Gasteiger partial charge in [-0.25, -0.2) is 4.99 Å². The largest absolute Gasteiger partial charge is 0.388 e. The Morgan fingerprint density at radius 2 is 1.53 bits per heavy atom. The Labute approximate surface area is 184 Å². The number of anilines is 2. The fraction of sp³-hybridized carbons (Fsp3) is 0.316. The van der Waals surface area contributed by atoms with E-state index in [1.807, 2.05) is 0 Å². The molecule has 172 valence electrons. The smallest absolute Gasteiger partial charge is 0.272 e. The molecule has 10 N–H and O–H groups in total. The van der Waals surface area contributed by atoms with Gasteiger partial charge in [0.05, 0.1) is 17.2 Å². The first kappa shape index (κ1) is 24.0. The Morgan fingerprint density at radius 1 is 0.969 bits per heavy atom. The van der Waals surface area contributed by atoms with Crippen molar-refractivity contribution in [2.24, 2.45) is 36.3 Å². The summed E-state index contributed by atoms with van der Waals surface area (Å²) in [5.41, 5.74) is 17.2. The van der Waals surface area contributed by atoms with Crippen molar-refractivity contribution in [1.29, 1.82) is 5.41 Å². The summed E-state index contributed by atoms with van der Waals surface area (Å²) in [5, 5.41) is 15.3. The lowest BCUT2D eigenvalue weighted by Gasteiger charge is -2.05. The lowest BCUT2D eigenvalue weighted by molar-refractivity contribution is -0.114. The van der Waals surface area contributed by atoms with E-state index in [-0.39, 0.29) is 24.2 Å². The maximum atomic E-state index is 12.7. The summed E-state index contributed by atoms with van der Waals surface area (Å²) in [5.74, 6) is -1.28. The molecule has 2 rings (SSSR count). The lowest BCUT2D eigenvalue weighted by Crippen LogP contribution is -2.27. The number of carbonyl (C=O) groups excluding carboxylic acids is 3. The molecule has 2 aromatic rings. The number of hydrogen-bond donors (Lipinski definition) is 7. The third kappa shape index (κ3) is 6.90. The third-order valence-electron chi connectivity index (χ3n) is 4.33. The summed E-state index contributed by atoms with van der Waals surface area (Å²) in [6.45, 7) is 0.148. The molecule has 0 unspecified atom stereocenters. The fourth-order valence-corrected chi connectivity index (χ4v) is 2.85. The first-order valence-corrected chi connectivity index (χ1v) is 9.67. The zero-order chi connectivity index (χ0) is 23.8. The molecule has 0 radical (unpaired) electrons. The van der Waals surface area contributed by atoms with Crippen LogP contribution >= 0.6 is 0 Å². The quantitative estimate of drug-likeness (QED) is 0.142. The van der Waals surface area contributed by atoms with Crippen LogP contribution in [-0.4, -0.2) is 51.7 Å². The number of guanidine groups is 1. The minimum Gasteiger partial charge on any atom is -0.388 e. The van der Waals surface area contributed by atoms with Crippen molar-refractivity contribution in [3.8, 4) is 0 Å². The second-order valence-corrected chi connectivity index (χ2v) is 7.08. The van der Waals surface area contributed by atoms with Crippen LogP contribution in [0.4, 0.5) is 11.4 Å². The molecular formula is C19H28N10O3. The van der Waals surface area contributed by atoms with Crippen LogP contribution in [0.2, 0.25) is 0 Å². The van der Waals surface area contributed by atoms with Crippen LogP contribution in [0.25, 0.3) is 0 Å². The van der Waals surface area contributed by atoms with Crippen LogP contribution in [0.3, 0.4) is 0 Å². The molecule has 13 nitrogen and oxygen atoms in total. The standard InChI is InChI=1S/C19H28N10O3/c1-28-10-12(7-13(28)17(31)24-5-3-4-15(20)21)27-18(32)14-6-11(9-29(14)2)26-16(30)8-25-19(22)23/h6-7,9-10H,3-5,8H2,1-2H3,(H3,20,21)(H,24,31)(H,26,30)(H,27,32)(H4,22,23,25). The van der Waals surface area contributed by atoms with E-state index in [4.69, 9.17) is 22.6 Å². The molecular weight excluding hydrogens is 416 g/mol. The maximum Gasteiger partial charge on any atom is 0.272 e. The molecule has 2 heterocycles. The van der Waals surface area contributed by atoms with E-state index < -0.39 is 11.8 Å². The lowest BCUT2D eigenvalue weighted by atomic mass is 10.3. The monoisotopic (exact) mass is 444 g/mol. The molecule has 0 atom stereocenters. The molecule has 0 aromatic carbocycles. The second-order valence-electron chi connectivity index (χ2n) is 7.08. The van der Waals surface area contributed by atoms with Crippen molar-refractivity contribution in [1.82, 2.24) is 14.5 Å². The first-order chi connectivity index (χ1) is 15.1. The number of nitrogens with two attached hydrogens (primary N) is 3. The number of aliphatic imine (C=N–C) groups is 1. The van der Waals surface area contributed by atoms with Crippen molar-refractivity contribution < 1.29 is 14.4 Å². The highest BCUT2D eigenvalue weighted by atomic mass is 16.2. The van der Waals surface area contributed by atoms with Gasteiger partial charge >= 0.3 is 0 Å². The van der Waals surface area contributed by atoms with E-state index in [9.17, 15) is 14.4 Å². The Bertz CT molecular complexity index is 1050. The molecule has 0 spiro atoms. The van der Waals surface area contributed by atoms with Crippen molar-refractivity contribution in [3.05, 3.63) is 35.9 Å². The van der Waals surface area contributed by atoms with Crippen LogP contribution in [0.1, 0.15) is 33.8 Å². The van der Waals surface area contributed by atoms with Gasteiger partial charge in [0, 0.05) is 39.5 Å². The molecule has 0 aliphatic heterocycles. The molecule has 3 amide bonds. The highest BCUT2D eigenvalue weighted by Crippen LogP contribution is 2.17. The van der Waals surface area contributed by atoms with E-state index in [1.165, 1.54) is 6.07 Å². The Hall–Kier alpha value is -4.29. The van der Waals surface area contributed by atoms with Crippen molar-refractivity contribution >= 4 is 40.9 Å². The average molecular weight is 445 g/mol. The number of carbonyl (C=O) groups is 3. The molecule has 0 aliphatic rings. The number of aromatic nitrogens is 2. The molecule has 32 heavy (non-hydrogen) atoms. The highest BCUT2D eigenvalue weighted by Gasteiger charge is 2.17. The summed E-state index contributed by atoms with van der Waals surface area (Å²) < 4.78 is 3.15. The van der Waals surface area contributed by atoms with E-state index in [1.54, 1.807) is 41.7 Å². The van der Waals surface area contributed by atoms with E-state index >= 15 is 0 Å². The third-order valence-corrected chi connectivity index (χ3v) is 4.33. The zero-order valence-electron chi connectivity index (χ0n) is 17.9. The van der Waals surface area contributed by atoms with Gasteiger partial charge in [-0.05, 0) is 18.6 Å². The van der Waals surface area contributed by atoms with Gasteiger partial charge in [-0.3, -0.25) is 19.8 Å². The summed E-state index contributed by atoms with van der Waals surface area (Å²) >= 11 is 0. The minimum atomic E-state index is -0.432. The predicted octanol–water partition coefficient (Wildman–Crippen LogP) is -0.726. The normalized spacial score (nSPS) is 10.3. The first-order valence-electron chi connectivity index (χ1n) is 9.67. The van der Waals surface area contributed by atoms with Gasteiger partial charge in [0.25, 0.3) is 11.8 Å². The fourth-order valence-electron chi connectivity index (χ4n) is 2.85. The van der Waals surface area contributed by atoms with Gasteiger partial charge in [0.15, 0.2) is 5.96 Å². The summed E-state index contributed by atoms with van der Waals surface area (Å²) in [6, 6.07) is 3.06. The molecule has 2 aromatic heterocycles. The second kappa shape index (κ2) is 10.7. The molecule has 0 bridgehead atoms. The number of aryl methyl sites for hydroxylation is 2. The van der Waals surface area contributed by atoms with E-state index in [0.29, 0.717) is 42.1 Å². The zero-order valence-corrected chi connectivity index (χ0v) is 17.9. The number of amidine groups is 1. The van der Waals surface area contributed by atoms with E-state index in [0.717, 1.165) is 0 Å². The topological polar surface area (TPSA) is 211 Å². The minimum absolute atomic E-state index is 0.0697. The maximum absolute atomic E-state index is 12.7. The van der Waals surface area contributed by atoms with Gasteiger partial charge in [-0.2, -0.15) is 0 Å².